The Morgan fingerprint density at radius 2 is 2.32 bits per heavy atom. The standard InChI is InChI=1S/C14H15N3OS/c1-9-8-19-14(16-9)17-13(18)12-11-5-3-2-4-10(11)6-7-15-12/h2-5,8,12,15H,6-7H2,1H3,(H,16,17,18). The summed E-state index contributed by atoms with van der Waals surface area (Å²) in [6, 6.07) is 7.81. The number of anilines is 1. The van der Waals surface area contributed by atoms with Gasteiger partial charge in [-0.2, -0.15) is 0 Å². The summed E-state index contributed by atoms with van der Waals surface area (Å²) < 4.78 is 0. The molecule has 2 N–H and O–H groups in total. The third-order valence-corrected chi connectivity index (χ3v) is 4.10. The van der Waals surface area contributed by atoms with Crippen molar-refractivity contribution in [3.05, 3.63) is 46.5 Å². The molecule has 1 aromatic carbocycles. The van der Waals surface area contributed by atoms with Crippen molar-refractivity contribution in [1.29, 1.82) is 0 Å². The van der Waals surface area contributed by atoms with Crippen LogP contribution in [0, 0.1) is 6.92 Å². The molecule has 1 amide bonds. The normalized spacial score (nSPS) is 17.8. The van der Waals surface area contributed by atoms with Gasteiger partial charge in [0.25, 0.3) is 0 Å². The van der Waals surface area contributed by atoms with E-state index < -0.39 is 0 Å². The largest absolute Gasteiger partial charge is 0.302 e. The molecule has 1 atom stereocenters. The van der Waals surface area contributed by atoms with Crippen LogP contribution in [0.5, 0.6) is 0 Å². The monoisotopic (exact) mass is 273 g/mol. The fourth-order valence-electron chi connectivity index (χ4n) is 2.33. The van der Waals surface area contributed by atoms with E-state index in [1.807, 2.05) is 30.5 Å². The van der Waals surface area contributed by atoms with Gasteiger partial charge in [-0.25, -0.2) is 4.98 Å². The number of carbonyl (C=O) groups excluding carboxylic acids is 1. The zero-order valence-corrected chi connectivity index (χ0v) is 11.5. The maximum absolute atomic E-state index is 12.3. The minimum atomic E-state index is -0.283. The van der Waals surface area contributed by atoms with Crippen molar-refractivity contribution < 1.29 is 4.79 Å². The predicted molar refractivity (Wildman–Crippen MR) is 76.4 cm³/mol. The van der Waals surface area contributed by atoms with Crippen LogP contribution in [-0.4, -0.2) is 17.4 Å². The van der Waals surface area contributed by atoms with Gasteiger partial charge in [0.1, 0.15) is 6.04 Å². The summed E-state index contributed by atoms with van der Waals surface area (Å²) in [5.41, 5.74) is 3.24. The highest BCUT2D eigenvalue weighted by Gasteiger charge is 2.26. The zero-order chi connectivity index (χ0) is 13.2. The van der Waals surface area contributed by atoms with Crippen LogP contribution in [0.4, 0.5) is 5.13 Å². The van der Waals surface area contributed by atoms with Crippen molar-refractivity contribution >= 4 is 22.4 Å². The number of thiazole rings is 1. The lowest BCUT2D eigenvalue weighted by molar-refractivity contribution is -0.118. The number of benzene rings is 1. The van der Waals surface area contributed by atoms with E-state index in [4.69, 9.17) is 0 Å². The average Bonchev–Trinajstić information content (AvgIpc) is 2.83. The third kappa shape index (κ3) is 2.52. The Hall–Kier alpha value is -1.72. The van der Waals surface area contributed by atoms with Gasteiger partial charge >= 0.3 is 0 Å². The van der Waals surface area contributed by atoms with Gasteiger partial charge in [0, 0.05) is 11.9 Å². The lowest BCUT2D eigenvalue weighted by atomic mass is 9.94. The fraction of sp³-hybridized carbons (Fsp3) is 0.286. The van der Waals surface area contributed by atoms with E-state index in [1.165, 1.54) is 16.9 Å². The van der Waals surface area contributed by atoms with Crippen LogP contribution in [0.15, 0.2) is 29.6 Å². The highest BCUT2D eigenvalue weighted by Crippen LogP contribution is 2.24. The quantitative estimate of drug-likeness (QED) is 0.882. The Bertz CT molecular complexity index is 608. The first kappa shape index (κ1) is 12.3. The first-order valence-corrected chi connectivity index (χ1v) is 7.16. The molecule has 3 rings (SSSR count). The molecule has 1 aromatic heterocycles. The molecule has 0 saturated heterocycles. The van der Waals surface area contributed by atoms with Crippen molar-refractivity contribution in [2.75, 3.05) is 11.9 Å². The van der Waals surface area contributed by atoms with Gasteiger partial charge in [-0.05, 0) is 24.5 Å². The van der Waals surface area contributed by atoms with Crippen LogP contribution in [0.3, 0.4) is 0 Å². The molecular formula is C14H15N3OS. The Kier molecular flexibility index (Phi) is 3.31. The van der Waals surface area contributed by atoms with E-state index in [1.54, 1.807) is 0 Å². The second kappa shape index (κ2) is 5.11. The minimum absolute atomic E-state index is 0.0403. The zero-order valence-electron chi connectivity index (χ0n) is 10.6. The number of hydrogen-bond acceptors (Lipinski definition) is 4. The number of rotatable bonds is 2. The van der Waals surface area contributed by atoms with Gasteiger partial charge in [0.2, 0.25) is 5.91 Å². The highest BCUT2D eigenvalue weighted by molar-refractivity contribution is 7.13. The van der Waals surface area contributed by atoms with Crippen LogP contribution in [-0.2, 0) is 11.2 Å². The van der Waals surface area contributed by atoms with Gasteiger partial charge in [0.05, 0.1) is 5.69 Å². The molecule has 0 aliphatic carbocycles. The van der Waals surface area contributed by atoms with Crippen LogP contribution >= 0.6 is 11.3 Å². The molecule has 1 aliphatic rings. The second-order valence-electron chi connectivity index (χ2n) is 4.62. The summed E-state index contributed by atoms with van der Waals surface area (Å²) in [5.74, 6) is -0.0403. The molecule has 2 heterocycles. The molecule has 0 radical (unpaired) electrons. The Morgan fingerprint density at radius 1 is 1.47 bits per heavy atom. The van der Waals surface area contributed by atoms with E-state index in [0.717, 1.165) is 24.2 Å². The highest BCUT2D eigenvalue weighted by atomic mass is 32.1. The molecule has 4 nitrogen and oxygen atoms in total. The van der Waals surface area contributed by atoms with Crippen molar-refractivity contribution in [1.82, 2.24) is 10.3 Å². The van der Waals surface area contributed by atoms with Gasteiger partial charge in [-0.3, -0.25) is 4.79 Å². The smallest absolute Gasteiger partial charge is 0.247 e. The maximum atomic E-state index is 12.3. The first-order chi connectivity index (χ1) is 9.24. The lowest BCUT2D eigenvalue weighted by Gasteiger charge is -2.25. The van der Waals surface area contributed by atoms with Crippen molar-refractivity contribution in [3.63, 3.8) is 0 Å². The Balaban J connectivity index is 1.81. The summed E-state index contributed by atoms with van der Waals surface area (Å²) in [6.07, 6.45) is 0.969. The van der Waals surface area contributed by atoms with E-state index in [9.17, 15) is 4.79 Å². The SMILES string of the molecule is Cc1csc(NC(=O)C2NCCc3ccccc32)n1. The van der Waals surface area contributed by atoms with E-state index in [-0.39, 0.29) is 11.9 Å². The number of fused-ring (bicyclic) bond motifs is 1. The van der Waals surface area contributed by atoms with Crippen LogP contribution in [0.1, 0.15) is 22.9 Å². The minimum Gasteiger partial charge on any atom is -0.302 e. The van der Waals surface area contributed by atoms with Crippen molar-refractivity contribution in [2.24, 2.45) is 0 Å². The van der Waals surface area contributed by atoms with Gasteiger partial charge in [0.15, 0.2) is 5.13 Å². The molecule has 19 heavy (non-hydrogen) atoms. The number of aromatic nitrogens is 1. The number of amides is 1. The van der Waals surface area contributed by atoms with Crippen LogP contribution in [0.25, 0.3) is 0 Å². The summed E-state index contributed by atoms with van der Waals surface area (Å²) >= 11 is 1.45. The topological polar surface area (TPSA) is 54.0 Å². The molecule has 5 heteroatoms. The van der Waals surface area contributed by atoms with Gasteiger partial charge in [-0.15, -0.1) is 11.3 Å². The van der Waals surface area contributed by atoms with E-state index in [2.05, 4.69) is 21.7 Å². The Morgan fingerprint density at radius 3 is 3.11 bits per heavy atom. The lowest BCUT2D eigenvalue weighted by Crippen LogP contribution is -2.38. The van der Waals surface area contributed by atoms with Gasteiger partial charge in [-0.1, -0.05) is 24.3 Å². The predicted octanol–water partition coefficient (Wildman–Crippen LogP) is 2.28. The van der Waals surface area contributed by atoms with E-state index >= 15 is 0 Å². The summed E-state index contributed by atoms with van der Waals surface area (Å²) in [5, 5.41) is 8.73. The molecule has 98 valence electrons. The number of hydrogen-bond donors (Lipinski definition) is 2. The molecule has 0 spiro atoms. The molecule has 0 saturated carbocycles. The number of nitrogens with one attached hydrogen (secondary N) is 2. The molecule has 2 aromatic rings. The van der Waals surface area contributed by atoms with Crippen LogP contribution < -0.4 is 10.6 Å². The number of aryl methyl sites for hydroxylation is 1. The van der Waals surface area contributed by atoms with Crippen molar-refractivity contribution in [3.8, 4) is 0 Å². The Labute approximate surface area is 115 Å². The summed E-state index contributed by atoms with van der Waals surface area (Å²) in [7, 11) is 0. The number of nitrogens with zero attached hydrogens (tertiary/aromatic N) is 1. The molecular weight excluding hydrogens is 258 g/mol. The molecule has 1 unspecified atom stereocenters. The molecule has 1 aliphatic heterocycles. The first-order valence-electron chi connectivity index (χ1n) is 6.28. The van der Waals surface area contributed by atoms with Gasteiger partial charge < -0.3 is 10.6 Å². The molecule has 0 bridgehead atoms. The summed E-state index contributed by atoms with van der Waals surface area (Å²) in [6.45, 7) is 2.74. The number of carbonyl (C=O) groups is 1. The van der Waals surface area contributed by atoms with Crippen LogP contribution in [0.2, 0.25) is 0 Å². The van der Waals surface area contributed by atoms with Crippen molar-refractivity contribution in [2.45, 2.75) is 19.4 Å². The third-order valence-electron chi connectivity index (χ3n) is 3.22. The second-order valence-corrected chi connectivity index (χ2v) is 5.48. The average molecular weight is 273 g/mol. The summed E-state index contributed by atoms with van der Waals surface area (Å²) in [4.78, 5) is 16.6. The molecule has 0 fully saturated rings. The maximum Gasteiger partial charge on any atom is 0.247 e. The fourth-order valence-corrected chi connectivity index (χ4v) is 3.02. The van der Waals surface area contributed by atoms with E-state index in [0.29, 0.717) is 5.13 Å².